The molecule has 0 aromatic heterocycles. The molecule has 0 bridgehead atoms. The second kappa shape index (κ2) is 7.77. The van der Waals surface area contributed by atoms with Gasteiger partial charge in [0.15, 0.2) is 0 Å². The Hall–Kier alpha value is -0.903. The molecule has 0 saturated carbocycles. The summed E-state index contributed by atoms with van der Waals surface area (Å²) in [6.45, 7) is 14.4. The summed E-state index contributed by atoms with van der Waals surface area (Å²) in [5.41, 5.74) is 2.53. The molecule has 0 aliphatic rings. The fraction of sp³-hybridized carbons (Fsp3) is 0.529. The van der Waals surface area contributed by atoms with Crippen molar-refractivity contribution < 1.29 is 8.85 Å². The minimum atomic E-state index is -2.13. The van der Waals surface area contributed by atoms with Gasteiger partial charge in [0.2, 0.25) is 0 Å². The van der Waals surface area contributed by atoms with Gasteiger partial charge in [0.05, 0.1) is 0 Å². The highest BCUT2D eigenvalue weighted by Gasteiger charge is 2.33. The van der Waals surface area contributed by atoms with Crippen LogP contribution >= 0.6 is 0 Å². The number of rotatable bonds is 8. The number of benzene rings is 1. The summed E-state index contributed by atoms with van der Waals surface area (Å²) < 4.78 is 12.3. The van der Waals surface area contributed by atoms with Crippen LogP contribution in [0.3, 0.4) is 0 Å². The summed E-state index contributed by atoms with van der Waals surface area (Å²) in [5.74, 6) is 0. The van der Waals surface area contributed by atoms with E-state index in [9.17, 15) is 0 Å². The molecule has 0 spiro atoms. The molecular weight excluding hydrogens is 264 g/mol. The van der Waals surface area contributed by atoms with Gasteiger partial charge in [0.1, 0.15) is 0 Å². The first-order chi connectivity index (χ1) is 9.36. The van der Waals surface area contributed by atoms with E-state index in [4.69, 9.17) is 8.85 Å². The first kappa shape index (κ1) is 17.1. The summed E-state index contributed by atoms with van der Waals surface area (Å²) in [7, 11) is -2.13. The van der Waals surface area contributed by atoms with Crippen molar-refractivity contribution in [3.8, 4) is 0 Å². The lowest BCUT2D eigenvalue weighted by Gasteiger charge is -2.31. The highest BCUT2D eigenvalue weighted by Crippen LogP contribution is 2.22. The topological polar surface area (TPSA) is 18.5 Å². The quantitative estimate of drug-likeness (QED) is 0.641. The van der Waals surface area contributed by atoms with Crippen molar-refractivity contribution in [1.82, 2.24) is 0 Å². The fourth-order valence-corrected chi connectivity index (χ4v) is 5.47. The maximum absolute atomic E-state index is 6.13. The Morgan fingerprint density at radius 2 is 1.65 bits per heavy atom. The Kier molecular flexibility index (Phi) is 6.66. The lowest BCUT2D eigenvalue weighted by atomic mass is 10.1. The first-order valence-corrected chi connectivity index (χ1v) is 9.94. The van der Waals surface area contributed by atoms with Gasteiger partial charge >= 0.3 is 8.56 Å². The van der Waals surface area contributed by atoms with Gasteiger partial charge < -0.3 is 8.85 Å². The zero-order valence-corrected chi connectivity index (χ0v) is 14.5. The Labute approximate surface area is 125 Å². The van der Waals surface area contributed by atoms with Crippen LogP contribution in [0.4, 0.5) is 0 Å². The normalized spacial score (nSPS) is 12.2. The fourth-order valence-electron chi connectivity index (χ4n) is 2.47. The lowest BCUT2D eigenvalue weighted by molar-refractivity contribution is 0.109. The minimum absolute atomic E-state index is 0.208. The highest BCUT2D eigenvalue weighted by atomic mass is 28.4. The van der Waals surface area contributed by atoms with Crippen molar-refractivity contribution >= 4 is 14.6 Å². The Morgan fingerprint density at radius 1 is 1.10 bits per heavy atom. The van der Waals surface area contributed by atoms with Gasteiger partial charge in [0.25, 0.3) is 0 Å². The molecule has 1 aromatic rings. The summed E-state index contributed by atoms with van der Waals surface area (Å²) in [4.78, 5) is 0. The van der Waals surface area contributed by atoms with Gasteiger partial charge in [0, 0.05) is 12.2 Å². The molecule has 20 heavy (non-hydrogen) atoms. The van der Waals surface area contributed by atoms with E-state index in [1.54, 1.807) is 0 Å². The largest absolute Gasteiger partial charge is 0.392 e. The van der Waals surface area contributed by atoms with Gasteiger partial charge in [-0.1, -0.05) is 36.9 Å². The van der Waals surface area contributed by atoms with E-state index >= 15 is 0 Å². The molecule has 0 amide bonds. The second-order valence-corrected chi connectivity index (χ2v) is 9.11. The monoisotopic (exact) mass is 292 g/mol. The van der Waals surface area contributed by atoms with Crippen LogP contribution < -0.4 is 0 Å². The number of aryl methyl sites for hydroxylation is 1. The second-order valence-electron chi connectivity index (χ2n) is 5.87. The smallest absolute Gasteiger partial charge is 0.335 e. The van der Waals surface area contributed by atoms with Crippen LogP contribution in [0.1, 0.15) is 38.8 Å². The molecule has 0 unspecified atom stereocenters. The molecule has 112 valence electrons. The molecule has 2 nitrogen and oxygen atoms in total. The first-order valence-electron chi connectivity index (χ1n) is 7.42. The standard InChI is InChI=1S/C17H28O2Si/c1-7-16-10-8-9-11-17(16)12-13-20(6,18-14(2)3)19-15(4)5/h7-11,14-15H,1,12-13H2,2-6H3. The Morgan fingerprint density at radius 3 is 2.15 bits per heavy atom. The SMILES string of the molecule is C=Cc1ccccc1CC[Si](C)(OC(C)C)OC(C)C. The predicted octanol–water partition coefficient (Wildman–Crippen LogP) is 4.79. The molecule has 0 aliphatic carbocycles. The van der Waals surface area contributed by atoms with Gasteiger partial charge in [-0.15, -0.1) is 0 Å². The van der Waals surface area contributed by atoms with E-state index in [-0.39, 0.29) is 12.2 Å². The van der Waals surface area contributed by atoms with Crippen LogP contribution in [0.25, 0.3) is 6.08 Å². The van der Waals surface area contributed by atoms with Gasteiger partial charge in [-0.25, -0.2) is 0 Å². The van der Waals surface area contributed by atoms with E-state index in [1.165, 1.54) is 11.1 Å². The van der Waals surface area contributed by atoms with Crippen LogP contribution in [0.2, 0.25) is 12.6 Å². The zero-order valence-electron chi connectivity index (χ0n) is 13.5. The van der Waals surface area contributed by atoms with Crippen LogP contribution in [-0.4, -0.2) is 20.8 Å². The molecule has 3 heteroatoms. The molecule has 1 aromatic carbocycles. The lowest BCUT2D eigenvalue weighted by Crippen LogP contribution is -2.43. The van der Waals surface area contributed by atoms with E-state index in [2.05, 4.69) is 59.0 Å². The third kappa shape index (κ3) is 5.61. The summed E-state index contributed by atoms with van der Waals surface area (Å²) in [6, 6.07) is 9.36. The predicted molar refractivity (Wildman–Crippen MR) is 89.1 cm³/mol. The van der Waals surface area contributed by atoms with Crippen molar-refractivity contribution in [2.24, 2.45) is 0 Å². The van der Waals surface area contributed by atoms with E-state index < -0.39 is 8.56 Å². The molecule has 0 heterocycles. The van der Waals surface area contributed by atoms with Crippen LogP contribution in [0.5, 0.6) is 0 Å². The average molecular weight is 292 g/mol. The molecule has 0 atom stereocenters. The number of hydrogen-bond acceptors (Lipinski definition) is 2. The van der Waals surface area contributed by atoms with Gasteiger partial charge in [-0.05, 0) is 57.8 Å². The van der Waals surface area contributed by atoms with Crippen molar-refractivity contribution in [3.05, 3.63) is 42.0 Å². The molecule has 0 radical (unpaired) electrons. The third-order valence-corrected chi connectivity index (χ3v) is 6.19. The Balaban J connectivity index is 2.77. The van der Waals surface area contributed by atoms with Crippen molar-refractivity contribution in [1.29, 1.82) is 0 Å². The van der Waals surface area contributed by atoms with Crippen LogP contribution in [-0.2, 0) is 15.3 Å². The maximum atomic E-state index is 6.13. The van der Waals surface area contributed by atoms with Gasteiger partial charge in [-0.3, -0.25) is 0 Å². The summed E-state index contributed by atoms with van der Waals surface area (Å²) in [5, 5.41) is 0. The highest BCUT2D eigenvalue weighted by molar-refractivity contribution is 6.66. The van der Waals surface area contributed by atoms with Gasteiger partial charge in [-0.2, -0.15) is 0 Å². The van der Waals surface area contributed by atoms with Crippen molar-refractivity contribution in [2.45, 2.75) is 58.9 Å². The van der Waals surface area contributed by atoms with Crippen molar-refractivity contribution in [3.63, 3.8) is 0 Å². The number of hydrogen-bond donors (Lipinski definition) is 0. The molecule has 0 fully saturated rings. The average Bonchev–Trinajstić information content (AvgIpc) is 2.34. The molecular formula is C17H28O2Si. The molecule has 0 saturated heterocycles. The molecule has 1 rings (SSSR count). The maximum Gasteiger partial charge on any atom is 0.335 e. The van der Waals surface area contributed by atoms with E-state index in [0.717, 1.165) is 12.5 Å². The third-order valence-electron chi connectivity index (χ3n) is 3.09. The summed E-state index contributed by atoms with van der Waals surface area (Å²) in [6.07, 6.45) is 3.31. The zero-order chi connectivity index (χ0) is 15.2. The van der Waals surface area contributed by atoms with Crippen molar-refractivity contribution in [2.75, 3.05) is 0 Å². The van der Waals surface area contributed by atoms with E-state index in [1.807, 2.05) is 12.1 Å². The summed E-state index contributed by atoms with van der Waals surface area (Å²) >= 11 is 0. The van der Waals surface area contributed by atoms with Crippen LogP contribution in [0, 0.1) is 0 Å². The minimum Gasteiger partial charge on any atom is -0.392 e. The van der Waals surface area contributed by atoms with E-state index in [0.29, 0.717) is 0 Å². The van der Waals surface area contributed by atoms with Crippen LogP contribution in [0.15, 0.2) is 30.8 Å². The molecule has 0 aliphatic heterocycles. The molecule has 0 N–H and O–H groups in total. The Bertz CT molecular complexity index is 417.